The van der Waals surface area contributed by atoms with E-state index in [1.165, 1.54) is 12.8 Å². The number of amides is 2. The standard InChI is InChI=1S/C15H23N3O2/c16-10-12-4-6-14(7-5-12)18-15(19)17-8-1-9-20-11-13-2-3-13/h4-7,13H,1-3,8-11,16H2,(H2,17,18,19). The van der Waals surface area contributed by atoms with Gasteiger partial charge in [0, 0.05) is 32.0 Å². The van der Waals surface area contributed by atoms with Crippen LogP contribution in [-0.4, -0.2) is 25.8 Å². The molecule has 20 heavy (non-hydrogen) atoms. The summed E-state index contributed by atoms with van der Waals surface area (Å²) >= 11 is 0. The summed E-state index contributed by atoms with van der Waals surface area (Å²) in [6.07, 6.45) is 3.46. The molecule has 0 saturated heterocycles. The number of benzene rings is 1. The van der Waals surface area contributed by atoms with E-state index in [1.54, 1.807) is 0 Å². The molecule has 2 amide bonds. The van der Waals surface area contributed by atoms with Crippen LogP contribution in [0.5, 0.6) is 0 Å². The average molecular weight is 277 g/mol. The minimum Gasteiger partial charge on any atom is -0.381 e. The highest BCUT2D eigenvalue weighted by atomic mass is 16.5. The smallest absolute Gasteiger partial charge is 0.319 e. The fraction of sp³-hybridized carbons (Fsp3) is 0.533. The maximum absolute atomic E-state index is 11.6. The van der Waals surface area contributed by atoms with Crippen molar-refractivity contribution in [1.82, 2.24) is 5.32 Å². The summed E-state index contributed by atoms with van der Waals surface area (Å²) in [7, 11) is 0. The van der Waals surface area contributed by atoms with E-state index in [0.717, 1.165) is 30.2 Å². The van der Waals surface area contributed by atoms with Crippen LogP contribution in [0.15, 0.2) is 24.3 Å². The largest absolute Gasteiger partial charge is 0.381 e. The Bertz CT molecular complexity index is 416. The minimum atomic E-state index is -0.187. The van der Waals surface area contributed by atoms with E-state index >= 15 is 0 Å². The minimum absolute atomic E-state index is 0.187. The first-order valence-electron chi connectivity index (χ1n) is 7.19. The maximum atomic E-state index is 11.6. The van der Waals surface area contributed by atoms with Crippen LogP contribution in [0.1, 0.15) is 24.8 Å². The third kappa shape index (κ3) is 5.59. The molecule has 110 valence electrons. The van der Waals surface area contributed by atoms with Gasteiger partial charge < -0.3 is 21.1 Å². The van der Waals surface area contributed by atoms with E-state index in [0.29, 0.717) is 19.7 Å². The summed E-state index contributed by atoms with van der Waals surface area (Å²) in [5.41, 5.74) is 7.33. The Kier molecular flexibility index (Phi) is 5.83. The van der Waals surface area contributed by atoms with Gasteiger partial charge in [0.15, 0.2) is 0 Å². The van der Waals surface area contributed by atoms with E-state index < -0.39 is 0 Å². The van der Waals surface area contributed by atoms with Crippen molar-refractivity contribution in [3.8, 4) is 0 Å². The zero-order chi connectivity index (χ0) is 14.2. The van der Waals surface area contributed by atoms with Crippen LogP contribution < -0.4 is 16.4 Å². The van der Waals surface area contributed by atoms with Gasteiger partial charge in [-0.2, -0.15) is 0 Å². The van der Waals surface area contributed by atoms with Gasteiger partial charge in [-0.05, 0) is 42.9 Å². The Morgan fingerprint density at radius 2 is 2.05 bits per heavy atom. The third-order valence-electron chi connectivity index (χ3n) is 3.25. The molecule has 1 aromatic rings. The Labute approximate surface area is 119 Å². The van der Waals surface area contributed by atoms with Gasteiger partial charge in [-0.15, -0.1) is 0 Å². The normalized spacial score (nSPS) is 14.1. The van der Waals surface area contributed by atoms with E-state index in [-0.39, 0.29) is 6.03 Å². The van der Waals surface area contributed by atoms with Crippen molar-refractivity contribution < 1.29 is 9.53 Å². The Balaban J connectivity index is 1.54. The second-order valence-electron chi connectivity index (χ2n) is 5.15. The first-order valence-corrected chi connectivity index (χ1v) is 7.19. The zero-order valence-electron chi connectivity index (χ0n) is 11.7. The van der Waals surface area contributed by atoms with Gasteiger partial charge in [-0.1, -0.05) is 12.1 Å². The zero-order valence-corrected chi connectivity index (χ0v) is 11.7. The average Bonchev–Trinajstić information content (AvgIpc) is 3.27. The van der Waals surface area contributed by atoms with Gasteiger partial charge in [0.2, 0.25) is 0 Å². The van der Waals surface area contributed by atoms with Crippen LogP contribution in [0.4, 0.5) is 10.5 Å². The molecule has 4 N–H and O–H groups in total. The summed E-state index contributed by atoms with van der Waals surface area (Å²) < 4.78 is 5.50. The molecule has 0 heterocycles. The highest BCUT2D eigenvalue weighted by Crippen LogP contribution is 2.28. The van der Waals surface area contributed by atoms with Crippen molar-refractivity contribution in [2.75, 3.05) is 25.1 Å². The second-order valence-corrected chi connectivity index (χ2v) is 5.15. The number of carbonyl (C=O) groups excluding carboxylic acids is 1. The molecule has 0 aliphatic heterocycles. The fourth-order valence-corrected chi connectivity index (χ4v) is 1.81. The molecular weight excluding hydrogens is 254 g/mol. The Morgan fingerprint density at radius 3 is 2.70 bits per heavy atom. The van der Waals surface area contributed by atoms with Gasteiger partial charge in [0.25, 0.3) is 0 Å². The molecule has 0 spiro atoms. The van der Waals surface area contributed by atoms with Crippen molar-refractivity contribution >= 4 is 11.7 Å². The number of nitrogens with one attached hydrogen (secondary N) is 2. The monoisotopic (exact) mass is 277 g/mol. The van der Waals surface area contributed by atoms with Crippen LogP contribution >= 0.6 is 0 Å². The summed E-state index contributed by atoms with van der Waals surface area (Å²) in [4.78, 5) is 11.6. The van der Waals surface area contributed by atoms with Crippen molar-refractivity contribution in [2.24, 2.45) is 11.7 Å². The second kappa shape index (κ2) is 7.87. The number of urea groups is 1. The van der Waals surface area contributed by atoms with Crippen molar-refractivity contribution in [3.63, 3.8) is 0 Å². The van der Waals surface area contributed by atoms with Crippen molar-refractivity contribution in [1.29, 1.82) is 0 Å². The number of hydrogen-bond acceptors (Lipinski definition) is 3. The van der Waals surface area contributed by atoms with Crippen LogP contribution in [0.2, 0.25) is 0 Å². The SMILES string of the molecule is NCc1ccc(NC(=O)NCCCOCC2CC2)cc1. The predicted octanol–water partition coefficient (Wildman–Crippen LogP) is 2.08. The van der Waals surface area contributed by atoms with Crippen molar-refractivity contribution in [3.05, 3.63) is 29.8 Å². The lowest BCUT2D eigenvalue weighted by molar-refractivity contribution is 0.122. The number of ether oxygens (including phenoxy) is 1. The maximum Gasteiger partial charge on any atom is 0.319 e. The first-order chi connectivity index (χ1) is 9.78. The van der Waals surface area contributed by atoms with Gasteiger partial charge in [-0.3, -0.25) is 0 Å². The number of hydrogen-bond donors (Lipinski definition) is 3. The van der Waals surface area contributed by atoms with E-state index in [2.05, 4.69) is 10.6 Å². The first kappa shape index (κ1) is 14.8. The molecule has 1 fully saturated rings. The molecular formula is C15H23N3O2. The lowest BCUT2D eigenvalue weighted by atomic mass is 10.2. The van der Waals surface area contributed by atoms with Crippen LogP contribution in [0, 0.1) is 5.92 Å². The molecule has 0 unspecified atom stereocenters. The van der Waals surface area contributed by atoms with Crippen LogP contribution in [0.25, 0.3) is 0 Å². The van der Waals surface area contributed by atoms with Gasteiger partial charge in [-0.25, -0.2) is 4.79 Å². The number of nitrogens with two attached hydrogens (primary N) is 1. The predicted molar refractivity (Wildman–Crippen MR) is 79.5 cm³/mol. The molecule has 1 aliphatic carbocycles. The topological polar surface area (TPSA) is 76.4 Å². The summed E-state index contributed by atoms with van der Waals surface area (Å²) in [6, 6.07) is 7.32. The lowest BCUT2D eigenvalue weighted by Crippen LogP contribution is -2.30. The molecule has 1 saturated carbocycles. The summed E-state index contributed by atoms with van der Waals surface area (Å²) in [5.74, 6) is 0.794. The van der Waals surface area contributed by atoms with E-state index in [9.17, 15) is 4.79 Å². The molecule has 5 nitrogen and oxygen atoms in total. The Hall–Kier alpha value is -1.59. The Morgan fingerprint density at radius 1 is 1.30 bits per heavy atom. The number of rotatable bonds is 8. The highest BCUT2D eigenvalue weighted by Gasteiger charge is 2.20. The van der Waals surface area contributed by atoms with E-state index in [1.807, 2.05) is 24.3 Å². The van der Waals surface area contributed by atoms with Crippen molar-refractivity contribution in [2.45, 2.75) is 25.8 Å². The molecule has 1 aliphatic rings. The highest BCUT2D eigenvalue weighted by molar-refractivity contribution is 5.89. The third-order valence-corrected chi connectivity index (χ3v) is 3.25. The molecule has 0 atom stereocenters. The van der Waals surface area contributed by atoms with Crippen LogP contribution in [0.3, 0.4) is 0 Å². The lowest BCUT2D eigenvalue weighted by Gasteiger charge is -2.08. The van der Waals surface area contributed by atoms with E-state index in [4.69, 9.17) is 10.5 Å². The summed E-state index contributed by atoms with van der Waals surface area (Å²) in [5, 5.41) is 5.59. The number of carbonyl (C=O) groups is 1. The fourth-order valence-electron chi connectivity index (χ4n) is 1.81. The molecule has 1 aromatic carbocycles. The molecule has 0 aromatic heterocycles. The number of anilines is 1. The molecule has 2 rings (SSSR count). The summed E-state index contributed by atoms with van der Waals surface area (Å²) in [6.45, 7) is 2.71. The molecule has 0 bridgehead atoms. The molecule has 0 radical (unpaired) electrons. The van der Waals surface area contributed by atoms with Crippen LogP contribution in [-0.2, 0) is 11.3 Å². The van der Waals surface area contributed by atoms with Gasteiger partial charge in [0.05, 0.1) is 0 Å². The van der Waals surface area contributed by atoms with Gasteiger partial charge >= 0.3 is 6.03 Å². The quantitative estimate of drug-likeness (QED) is 0.637. The molecule has 5 heteroatoms. The van der Waals surface area contributed by atoms with Gasteiger partial charge in [0.1, 0.15) is 0 Å².